The Morgan fingerprint density at radius 1 is 1.14 bits per heavy atom. The van der Waals surface area contributed by atoms with E-state index in [1.807, 2.05) is 0 Å². The molecule has 0 heterocycles. The lowest BCUT2D eigenvalue weighted by molar-refractivity contribution is -0.119. The van der Waals surface area contributed by atoms with Gasteiger partial charge in [0.05, 0.1) is 6.04 Å². The summed E-state index contributed by atoms with van der Waals surface area (Å²) in [6.45, 7) is 9.78. The average Bonchev–Trinajstić information content (AvgIpc) is 2.04. The first-order chi connectivity index (χ1) is 6.40. The van der Waals surface area contributed by atoms with Crippen molar-refractivity contribution in [3.05, 3.63) is 0 Å². The van der Waals surface area contributed by atoms with Gasteiger partial charge in [0.2, 0.25) is 0 Å². The molecule has 0 saturated heterocycles. The van der Waals surface area contributed by atoms with E-state index in [1.165, 1.54) is 0 Å². The normalized spacial score (nSPS) is 14.8. The highest BCUT2D eigenvalue weighted by Crippen LogP contribution is 2.17. The van der Waals surface area contributed by atoms with E-state index >= 15 is 0 Å². The van der Waals surface area contributed by atoms with E-state index in [1.54, 1.807) is 14.2 Å². The van der Waals surface area contributed by atoms with Gasteiger partial charge >= 0.3 is 0 Å². The highest BCUT2D eigenvalue weighted by Gasteiger charge is 2.16. The number of rotatable bonds is 6. The Kier molecular flexibility index (Phi) is 6.33. The molecule has 0 aromatic heterocycles. The van der Waals surface area contributed by atoms with Gasteiger partial charge in [-0.2, -0.15) is 0 Å². The Labute approximate surface area is 88.2 Å². The van der Waals surface area contributed by atoms with Crippen LogP contribution in [0.15, 0.2) is 0 Å². The van der Waals surface area contributed by atoms with Crippen LogP contribution in [0.25, 0.3) is 0 Å². The SMILES string of the molecule is COC(OC)C(C)NCCC(C)(C)C. The molecule has 1 N–H and O–H groups in total. The van der Waals surface area contributed by atoms with E-state index < -0.39 is 0 Å². The van der Waals surface area contributed by atoms with Crippen molar-refractivity contribution in [3.8, 4) is 0 Å². The third-order valence-electron chi connectivity index (χ3n) is 2.21. The van der Waals surface area contributed by atoms with Gasteiger partial charge in [0.25, 0.3) is 0 Å². The summed E-state index contributed by atoms with van der Waals surface area (Å²) in [5, 5.41) is 3.39. The van der Waals surface area contributed by atoms with E-state index in [-0.39, 0.29) is 12.3 Å². The largest absolute Gasteiger partial charge is 0.354 e. The third-order valence-corrected chi connectivity index (χ3v) is 2.21. The summed E-state index contributed by atoms with van der Waals surface area (Å²) in [5.41, 5.74) is 0.377. The highest BCUT2D eigenvalue weighted by atomic mass is 16.7. The zero-order valence-corrected chi connectivity index (χ0v) is 10.4. The van der Waals surface area contributed by atoms with E-state index in [4.69, 9.17) is 9.47 Å². The molecular weight excluding hydrogens is 178 g/mol. The molecule has 1 unspecified atom stereocenters. The predicted molar refractivity (Wildman–Crippen MR) is 59.3 cm³/mol. The van der Waals surface area contributed by atoms with Crippen LogP contribution >= 0.6 is 0 Å². The molecule has 0 amide bonds. The number of ether oxygens (including phenoxy) is 2. The maximum absolute atomic E-state index is 5.16. The van der Waals surface area contributed by atoms with Gasteiger partial charge < -0.3 is 14.8 Å². The number of methoxy groups -OCH3 is 2. The fourth-order valence-corrected chi connectivity index (χ4v) is 1.28. The lowest BCUT2D eigenvalue weighted by atomic mass is 9.92. The molecule has 0 aromatic rings. The molecule has 0 saturated carbocycles. The fourth-order valence-electron chi connectivity index (χ4n) is 1.28. The van der Waals surface area contributed by atoms with E-state index in [2.05, 4.69) is 33.0 Å². The summed E-state index contributed by atoms with van der Waals surface area (Å²) < 4.78 is 10.3. The lowest BCUT2D eigenvalue weighted by Gasteiger charge is -2.24. The topological polar surface area (TPSA) is 30.5 Å². The van der Waals surface area contributed by atoms with Crippen molar-refractivity contribution in [2.75, 3.05) is 20.8 Å². The molecule has 3 nitrogen and oxygen atoms in total. The van der Waals surface area contributed by atoms with Crippen molar-refractivity contribution in [2.24, 2.45) is 5.41 Å². The number of hydrogen-bond donors (Lipinski definition) is 1. The molecule has 0 bridgehead atoms. The fraction of sp³-hybridized carbons (Fsp3) is 1.00. The van der Waals surface area contributed by atoms with E-state index in [0.29, 0.717) is 5.41 Å². The Morgan fingerprint density at radius 3 is 2.00 bits per heavy atom. The summed E-state index contributed by atoms with van der Waals surface area (Å²) in [7, 11) is 3.33. The lowest BCUT2D eigenvalue weighted by Crippen LogP contribution is -2.40. The van der Waals surface area contributed by atoms with Crippen LogP contribution in [-0.4, -0.2) is 33.1 Å². The van der Waals surface area contributed by atoms with Crippen molar-refractivity contribution in [1.29, 1.82) is 0 Å². The van der Waals surface area contributed by atoms with Gasteiger partial charge in [-0.3, -0.25) is 0 Å². The first-order valence-electron chi connectivity index (χ1n) is 5.19. The molecule has 0 rings (SSSR count). The number of nitrogens with one attached hydrogen (secondary N) is 1. The van der Waals surface area contributed by atoms with Crippen molar-refractivity contribution >= 4 is 0 Å². The molecule has 14 heavy (non-hydrogen) atoms. The molecule has 0 spiro atoms. The summed E-state index contributed by atoms with van der Waals surface area (Å²) in [6, 6.07) is 0.229. The number of hydrogen-bond acceptors (Lipinski definition) is 3. The van der Waals surface area contributed by atoms with Crippen LogP contribution in [0.3, 0.4) is 0 Å². The third kappa shape index (κ3) is 6.35. The molecule has 1 atom stereocenters. The minimum atomic E-state index is -0.157. The summed E-state index contributed by atoms with van der Waals surface area (Å²) >= 11 is 0. The van der Waals surface area contributed by atoms with Gasteiger partial charge in [0, 0.05) is 14.2 Å². The van der Waals surface area contributed by atoms with Crippen LogP contribution in [0.5, 0.6) is 0 Å². The maximum atomic E-state index is 5.16. The molecule has 0 aliphatic rings. The first kappa shape index (κ1) is 13.9. The zero-order chi connectivity index (χ0) is 11.2. The first-order valence-corrected chi connectivity index (χ1v) is 5.19. The van der Waals surface area contributed by atoms with Crippen LogP contribution in [0.4, 0.5) is 0 Å². The Hall–Kier alpha value is -0.120. The van der Waals surface area contributed by atoms with Crippen molar-refractivity contribution in [1.82, 2.24) is 5.32 Å². The molecule has 0 fully saturated rings. The molecule has 3 heteroatoms. The quantitative estimate of drug-likeness (QED) is 0.670. The van der Waals surface area contributed by atoms with Gasteiger partial charge in [0.15, 0.2) is 6.29 Å². The Bertz CT molecular complexity index is 139. The van der Waals surface area contributed by atoms with Crippen LogP contribution < -0.4 is 5.32 Å². The monoisotopic (exact) mass is 203 g/mol. The van der Waals surface area contributed by atoms with E-state index in [0.717, 1.165) is 13.0 Å². The second-order valence-electron chi connectivity index (χ2n) is 4.89. The van der Waals surface area contributed by atoms with Gasteiger partial charge in [-0.15, -0.1) is 0 Å². The molecule has 0 radical (unpaired) electrons. The van der Waals surface area contributed by atoms with Crippen LogP contribution in [0.1, 0.15) is 34.1 Å². The Morgan fingerprint density at radius 2 is 1.64 bits per heavy atom. The van der Waals surface area contributed by atoms with Crippen molar-refractivity contribution in [2.45, 2.75) is 46.4 Å². The second kappa shape index (κ2) is 6.38. The average molecular weight is 203 g/mol. The maximum Gasteiger partial charge on any atom is 0.171 e. The summed E-state index contributed by atoms with van der Waals surface area (Å²) in [5.74, 6) is 0. The van der Waals surface area contributed by atoms with Gasteiger partial charge in [-0.25, -0.2) is 0 Å². The van der Waals surface area contributed by atoms with Gasteiger partial charge in [-0.05, 0) is 25.3 Å². The van der Waals surface area contributed by atoms with E-state index in [9.17, 15) is 0 Å². The minimum absolute atomic E-state index is 0.157. The summed E-state index contributed by atoms with van der Waals surface area (Å²) in [6.07, 6.45) is 0.993. The zero-order valence-electron chi connectivity index (χ0n) is 10.4. The van der Waals surface area contributed by atoms with Crippen LogP contribution in [0, 0.1) is 5.41 Å². The molecular formula is C11H25NO2. The van der Waals surface area contributed by atoms with Crippen LogP contribution in [-0.2, 0) is 9.47 Å². The molecule has 86 valence electrons. The second-order valence-corrected chi connectivity index (χ2v) is 4.89. The molecule has 0 aliphatic carbocycles. The van der Waals surface area contributed by atoms with Crippen molar-refractivity contribution < 1.29 is 9.47 Å². The standard InChI is InChI=1S/C11H25NO2/c1-9(10(13-5)14-6)12-8-7-11(2,3)4/h9-10,12H,7-8H2,1-6H3. The summed E-state index contributed by atoms with van der Waals surface area (Å²) in [4.78, 5) is 0. The van der Waals surface area contributed by atoms with Crippen molar-refractivity contribution in [3.63, 3.8) is 0 Å². The minimum Gasteiger partial charge on any atom is -0.354 e. The smallest absolute Gasteiger partial charge is 0.171 e. The molecule has 0 aliphatic heterocycles. The Balaban J connectivity index is 3.67. The highest BCUT2D eigenvalue weighted by molar-refractivity contribution is 4.68. The van der Waals surface area contributed by atoms with Gasteiger partial charge in [0.1, 0.15) is 0 Å². The van der Waals surface area contributed by atoms with Crippen LogP contribution in [0.2, 0.25) is 0 Å². The molecule has 0 aromatic carbocycles. The van der Waals surface area contributed by atoms with Gasteiger partial charge in [-0.1, -0.05) is 20.8 Å². The predicted octanol–water partition coefficient (Wildman–Crippen LogP) is 2.02.